The Balaban J connectivity index is 0.000000690. The molecule has 0 aromatic heterocycles. The van der Waals surface area contributed by atoms with Gasteiger partial charge in [0, 0.05) is 17.9 Å². The van der Waals surface area contributed by atoms with Crippen LogP contribution in [-0.4, -0.2) is 41.3 Å². The third-order valence-corrected chi connectivity index (χ3v) is 3.12. The van der Waals surface area contributed by atoms with E-state index >= 15 is 0 Å². The largest absolute Gasteiger partial charge is 0.399 e. The van der Waals surface area contributed by atoms with Crippen molar-refractivity contribution in [1.82, 2.24) is 0 Å². The van der Waals surface area contributed by atoms with E-state index in [1.807, 2.05) is 32.9 Å². The van der Waals surface area contributed by atoms with E-state index in [0.717, 1.165) is 23.5 Å². The van der Waals surface area contributed by atoms with E-state index in [-0.39, 0.29) is 12.1 Å². The molecular weight excluding hydrogens is 296 g/mol. The van der Waals surface area contributed by atoms with Crippen molar-refractivity contribution in [3.05, 3.63) is 23.8 Å². The average molecular weight is 320 g/mol. The molecule has 0 aliphatic heterocycles. The van der Waals surface area contributed by atoms with Crippen LogP contribution in [0.4, 0.5) is 11.4 Å². The van der Waals surface area contributed by atoms with Gasteiger partial charge in [0.05, 0.1) is 12.1 Å². The summed E-state index contributed by atoms with van der Waals surface area (Å²) < 4.78 is 31.6. The van der Waals surface area contributed by atoms with E-state index in [9.17, 15) is 5.11 Å². The van der Waals surface area contributed by atoms with Gasteiger partial charge in [0.15, 0.2) is 0 Å². The van der Waals surface area contributed by atoms with E-state index in [1.165, 1.54) is 0 Å². The second-order valence-corrected chi connectivity index (χ2v) is 5.65. The highest BCUT2D eigenvalue weighted by Crippen LogP contribution is 2.23. The number of hydrogen-bond acceptors (Lipinski definition) is 5. The number of nitrogen functional groups attached to an aromatic ring is 1. The molecule has 8 heteroatoms. The summed E-state index contributed by atoms with van der Waals surface area (Å²) in [5.74, 6) is 0. The summed E-state index contributed by atoms with van der Waals surface area (Å²) in [6.07, 6.45) is -0.349. The predicted octanol–water partition coefficient (Wildman–Crippen LogP) is 1.52. The summed E-state index contributed by atoms with van der Waals surface area (Å²) in [7, 11) is -4.67. The Bertz CT molecular complexity index is 537. The van der Waals surface area contributed by atoms with Crippen molar-refractivity contribution in [3.63, 3.8) is 0 Å². The molecule has 2 atom stereocenters. The zero-order valence-electron chi connectivity index (χ0n) is 12.7. The summed E-state index contributed by atoms with van der Waals surface area (Å²) in [6.45, 7) is 8.80. The van der Waals surface area contributed by atoms with Crippen LogP contribution >= 0.6 is 0 Å². The number of likely N-dealkylation sites (N-methyl/N-ethyl adjacent to an activating group) is 1. The van der Waals surface area contributed by atoms with Crippen molar-refractivity contribution in [3.8, 4) is 0 Å². The van der Waals surface area contributed by atoms with E-state index in [2.05, 4.69) is 17.9 Å². The average Bonchev–Trinajstić information content (AvgIpc) is 2.32. The van der Waals surface area contributed by atoms with Crippen molar-refractivity contribution in [2.75, 3.05) is 17.2 Å². The summed E-state index contributed by atoms with van der Waals surface area (Å²) in [6, 6.07) is 6.10. The molecule has 0 fully saturated rings. The maximum absolute atomic E-state index is 9.64. The van der Waals surface area contributed by atoms with E-state index in [4.69, 9.17) is 23.3 Å². The van der Waals surface area contributed by atoms with Crippen LogP contribution in [0.15, 0.2) is 18.2 Å². The highest BCUT2D eigenvalue weighted by molar-refractivity contribution is 7.79. The number of nitrogens with two attached hydrogens (primary N) is 1. The first-order valence-corrected chi connectivity index (χ1v) is 7.87. The number of aliphatic hydroxyl groups excluding tert-OH is 1. The quantitative estimate of drug-likeness (QED) is 0.489. The number of aryl methyl sites for hydroxylation is 1. The number of aliphatic hydroxyl groups is 1. The maximum atomic E-state index is 9.64. The summed E-state index contributed by atoms with van der Waals surface area (Å²) in [5.41, 5.74) is 8.80. The molecule has 0 bridgehead atoms. The van der Waals surface area contributed by atoms with Gasteiger partial charge < -0.3 is 15.7 Å². The fraction of sp³-hybridized carbons (Fsp3) is 0.538. The Morgan fingerprint density at radius 1 is 1.29 bits per heavy atom. The highest BCUT2D eigenvalue weighted by Gasteiger charge is 2.17. The second kappa shape index (κ2) is 8.18. The molecule has 0 radical (unpaired) electrons. The van der Waals surface area contributed by atoms with Crippen LogP contribution in [0.5, 0.6) is 0 Å². The smallest absolute Gasteiger partial charge is 0.394 e. The first-order valence-electron chi connectivity index (χ1n) is 6.48. The van der Waals surface area contributed by atoms with E-state index in [1.54, 1.807) is 0 Å². The van der Waals surface area contributed by atoms with Crippen molar-refractivity contribution < 1.29 is 22.6 Å². The zero-order valence-corrected chi connectivity index (χ0v) is 13.5. The summed E-state index contributed by atoms with van der Waals surface area (Å²) in [5, 5.41) is 9.64. The van der Waals surface area contributed by atoms with Gasteiger partial charge in [-0.25, -0.2) is 0 Å². The van der Waals surface area contributed by atoms with Gasteiger partial charge in [-0.1, -0.05) is 0 Å². The van der Waals surface area contributed by atoms with Crippen LogP contribution in [0, 0.1) is 6.92 Å². The minimum absolute atomic E-state index is 0.105. The SMILES string of the molecule is CCN(c1ccc(N)c(C)c1)C(C)C(C)O.O=S(=O)(O)O. The van der Waals surface area contributed by atoms with Crippen LogP contribution in [0.1, 0.15) is 26.3 Å². The molecule has 7 nitrogen and oxygen atoms in total. The van der Waals surface area contributed by atoms with E-state index in [0.29, 0.717) is 0 Å². The highest BCUT2D eigenvalue weighted by atomic mass is 32.3. The molecule has 122 valence electrons. The maximum Gasteiger partial charge on any atom is 0.394 e. The van der Waals surface area contributed by atoms with Gasteiger partial charge in [-0.3, -0.25) is 9.11 Å². The third kappa shape index (κ3) is 7.86. The molecule has 1 aromatic rings. The van der Waals surface area contributed by atoms with Crippen LogP contribution in [0.2, 0.25) is 0 Å². The van der Waals surface area contributed by atoms with Gasteiger partial charge in [-0.15, -0.1) is 0 Å². The molecule has 1 aromatic carbocycles. The van der Waals surface area contributed by atoms with Crippen LogP contribution in [0.3, 0.4) is 0 Å². The molecule has 2 unspecified atom stereocenters. The van der Waals surface area contributed by atoms with E-state index < -0.39 is 10.4 Å². The standard InChI is InChI=1S/C13H22N2O.H2O4S/c1-5-15(10(3)11(4)16)12-6-7-13(14)9(2)8-12;1-5(2,3)4/h6-8,10-11,16H,5,14H2,1-4H3;(H2,1,2,3,4). The minimum Gasteiger partial charge on any atom is -0.399 e. The third-order valence-electron chi connectivity index (χ3n) is 3.12. The summed E-state index contributed by atoms with van der Waals surface area (Å²) in [4.78, 5) is 2.18. The molecule has 0 saturated carbocycles. The van der Waals surface area contributed by atoms with Crippen LogP contribution in [-0.2, 0) is 10.4 Å². The first-order chi connectivity index (χ1) is 9.47. The van der Waals surface area contributed by atoms with Crippen molar-refractivity contribution in [1.29, 1.82) is 0 Å². The topological polar surface area (TPSA) is 124 Å². The number of benzene rings is 1. The lowest BCUT2D eigenvalue weighted by Gasteiger charge is -2.32. The Morgan fingerprint density at radius 2 is 1.76 bits per heavy atom. The Labute approximate surface area is 126 Å². The fourth-order valence-corrected chi connectivity index (χ4v) is 1.80. The molecule has 0 spiro atoms. The zero-order chi connectivity index (χ0) is 16.8. The van der Waals surface area contributed by atoms with Crippen molar-refractivity contribution in [2.24, 2.45) is 0 Å². The normalized spacial score (nSPS) is 13.9. The first kappa shape index (κ1) is 19.7. The molecule has 21 heavy (non-hydrogen) atoms. The molecule has 0 heterocycles. The molecule has 0 aliphatic carbocycles. The van der Waals surface area contributed by atoms with Gasteiger partial charge in [0.1, 0.15) is 0 Å². The Hall–Kier alpha value is -1.35. The predicted molar refractivity (Wildman–Crippen MR) is 83.9 cm³/mol. The molecular formula is C13H24N2O5S. The lowest BCUT2D eigenvalue weighted by molar-refractivity contribution is 0.166. The number of hydrogen-bond donors (Lipinski definition) is 4. The van der Waals surface area contributed by atoms with Gasteiger partial charge in [0.25, 0.3) is 0 Å². The minimum atomic E-state index is -4.67. The van der Waals surface area contributed by atoms with Crippen molar-refractivity contribution in [2.45, 2.75) is 39.8 Å². The lowest BCUT2D eigenvalue weighted by Crippen LogP contribution is -2.40. The summed E-state index contributed by atoms with van der Waals surface area (Å²) >= 11 is 0. The lowest BCUT2D eigenvalue weighted by atomic mass is 10.1. The van der Waals surface area contributed by atoms with Crippen LogP contribution in [0.25, 0.3) is 0 Å². The molecule has 0 aliphatic rings. The molecule has 5 N–H and O–H groups in total. The monoisotopic (exact) mass is 320 g/mol. The fourth-order valence-electron chi connectivity index (χ4n) is 1.80. The Morgan fingerprint density at radius 3 is 2.10 bits per heavy atom. The van der Waals surface area contributed by atoms with Gasteiger partial charge in [-0.05, 0) is 51.5 Å². The van der Waals surface area contributed by atoms with Gasteiger partial charge in [-0.2, -0.15) is 8.42 Å². The molecule has 0 saturated heterocycles. The number of rotatable bonds is 4. The van der Waals surface area contributed by atoms with Crippen molar-refractivity contribution >= 4 is 21.8 Å². The number of nitrogens with zero attached hydrogens (tertiary/aromatic N) is 1. The van der Waals surface area contributed by atoms with Gasteiger partial charge >= 0.3 is 10.4 Å². The molecule has 1 rings (SSSR count). The van der Waals surface area contributed by atoms with Crippen LogP contribution < -0.4 is 10.6 Å². The second-order valence-electron chi connectivity index (χ2n) is 4.76. The number of anilines is 2. The Kier molecular flexibility index (Phi) is 7.65. The van der Waals surface area contributed by atoms with Gasteiger partial charge in [0.2, 0.25) is 0 Å². The molecule has 0 amide bonds.